The van der Waals surface area contributed by atoms with E-state index < -0.39 is 0 Å². The van der Waals surface area contributed by atoms with E-state index >= 15 is 0 Å². The zero-order valence-electron chi connectivity index (χ0n) is 15.1. The Hall–Kier alpha value is -1.59. The Labute approximate surface area is 144 Å². The second kappa shape index (κ2) is 9.04. The number of fused-ring (bicyclic) bond motifs is 1. The molecule has 5 heteroatoms. The number of hydrogen-bond acceptors (Lipinski definition) is 5. The van der Waals surface area contributed by atoms with Gasteiger partial charge in [-0.3, -0.25) is 4.79 Å². The number of Topliss-reactive ketones (excluding diaryl/α,β-unsaturated/α-hetero) is 1. The molecule has 0 saturated carbocycles. The minimum absolute atomic E-state index is 0.129. The summed E-state index contributed by atoms with van der Waals surface area (Å²) >= 11 is 0. The fourth-order valence-electron chi connectivity index (χ4n) is 2.76. The third kappa shape index (κ3) is 4.71. The van der Waals surface area contributed by atoms with E-state index in [1.54, 1.807) is 14.2 Å². The van der Waals surface area contributed by atoms with Crippen LogP contribution in [-0.4, -0.2) is 39.8 Å². The molecule has 1 aromatic rings. The Kier molecular flexibility index (Phi) is 7.06. The second-order valence-electron chi connectivity index (χ2n) is 6.53. The Morgan fingerprint density at radius 2 is 2.00 bits per heavy atom. The van der Waals surface area contributed by atoms with Gasteiger partial charge >= 0.3 is 0 Å². The molecular formula is C19H28O5. The molecule has 2 rings (SSSR count). The Bertz CT molecular complexity index is 553. The van der Waals surface area contributed by atoms with Crippen LogP contribution >= 0.6 is 0 Å². The summed E-state index contributed by atoms with van der Waals surface area (Å²) in [4.78, 5) is 12.6. The number of carbonyl (C=O) groups is 1. The monoisotopic (exact) mass is 336 g/mol. The van der Waals surface area contributed by atoms with Crippen LogP contribution in [0.1, 0.15) is 42.6 Å². The predicted octanol–water partition coefficient (Wildman–Crippen LogP) is 3.49. The van der Waals surface area contributed by atoms with Crippen LogP contribution in [0.3, 0.4) is 0 Å². The lowest BCUT2D eigenvalue weighted by Crippen LogP contribution is -2.18. The molecule has 0 radical (unpaired) electrons. The van der Waals surface area contributed by atoms with E-state index in [1.807, 2.05) is 12.1 Å². The van der Waals surface area contributed by atoms with E-state index in [-0.39, 0.29) is 11.7 Å². The van der Waals surface area contributed by atoms with Crippen molar-refractivity contribution in [2.24, 2.45) is 11.8 Å². The smallest absolute Gasteiger partial charge is 0.167 e. The zero-order valence-corrected chi connectivity index (χ0v) is 15.1. The lowest BCUT2D eigenvalue weighted by molar-refractivity contribution is 0.0945. The van der Waals surface area contributed by atoms with Crippen LogP contribution in [0.5, 0.6) is 11.5 Å². The second-order valence-corrected chi connectivity index (χ2v) is 6.53. The van der Waals surface area contributed by atoms with Crippen LogP contribution in [0.25, 0.3) is 0 Å². The minimum Gasteiger partial charge on any atom is -0.493 e. The predicted molar refractivity (Wildman–Crippen MR) is 91.9 cm³/mol. The number of methoxy groups -OCH3 is 2. The van der Waals surface area contributed by atoms with Crippen molar-refractivity contribution in [2.75, 3.05) is 34.0 Å². The third-order valence-corrected chi connectivity index (χ3v) is 4.36. The van der Waals surface area contributed by atoms with Crippen molar-refractivity contribution in [2.45, 2.75) is 33.3 Å². The summed E-state index contributed by atoms with van der Waals surface area (Å²) in [6, 6.07) is 3.69. The van der Waals surface area contributed by atoms with Crippen molar-refractivity contribution in [3.05, 3.63) is 23.3 Å². The molecule has 0 unspecified atom stereocenters. The number of carbonyl (C=O) groups excluding carboxylic acids is 1. The zero-order chi connectivity index (χ0) is 17.5. The average Bonchev–Trinajstić information content (AvgIpc) is 2.71. The molecule has 0 spiro atoms. The summed E-state index contributed by atoms with van der Waals surface area (Å²) in [6.45, 7) is 6.40. The largest absolute Gasteiger partial charge is 0.493 e. The molecule has 1 heterocycles. The first-order valence-electron chi connectivity index (χ1n) is 8.50. The molecule has 0 aromatic heterocycles. The maximum atomic E-state index is 12.6. The fourth-order valence-corrected chi connectivity index (χ4v) is 2.76. The molecule has 24 heavy (non-hydrogen) atoms. The molecule has 0 amide bonds. The SMILES string of the molecule is COCCCOc1cc2c(cc1COC)C(=O)C[C@H](C(C)C)CO2. The molecule has 0 aliphatic carbocycles. The van der Waals surface area contributed by atoms with Crippen LogP contribution < -0.4 is 9.47 Å². The van der Waals surface area contributed by atoms with Crippen molar-refractivity contribution in [1.82, 2.24) is 0 Å². The first-order chi connectivity index (χ1) is 11.6. The number of ketones is 1. The maximum Gasteiger partial charge on any atom is 0.167 e. The molecule has 1 aliphatic rings. The van der Waals surface area contributed by atoms with Gasteiger partial charge in [-0.1, -0.05) is 13.8 Å². The Balaban J connectivity index is 2.23. The molecule has 0 bridgehead atoms. The van der Waals surface area contributed by atoms with E-state index in [9.17, 15) is 4.79 Å². The van der Waals surface area contributed by atoms with Gasteiger partial charge < -0.3 is 18.9 Å². The quantitative estimate of drug-likeness (QED) is 0.680. The highest BCUT2D eigenvalue weighted by Gasteiger charge is 2.27. The number of rotatable bonds is 8. The highest BCUT2D eigenvalue weighted by atomic mass is 16.5. The van der Waals surface area contributed by atoms with Gasteiger partial charge in [0.05, 0.1) is 25.4 Å². The third-order valence-electron chi connectivity index (χ3n) is 4.36. The highest BCUT2D eigenvalue weighted by Crippen LogP contribution is 2.35. The Morgan fingerprint density at radius 1 is 1.21 bits per heavy atom. The van der Waals surface area contributed by atoms with Crippen LogP contribution in [0, 0.1) is 11.8 Å². The van der Waals surface area contributed by atoms with Gasteiger partial charge in [0.2, 0.25) is 0 Å². The fraction of sp³-hybridized carbons (Fsp3) is 0.632. The van der Waals surface area contributed by atoms with Gasteiger partial charge in [0, 0.05) is 51.2 Å². The lowest BCUT2D eigenvalue weighted by atomic mass is 9.90. The molecule has 0 fully saturated rings. The van der Waals surface area contributed by atoms with E-state index in [0.717, 1.165) is 12.0 Å². The van der Waals surface area contributed by atoms with E-state index in [4.69, 9.17) is 18.9 Å². The maximum absolute atomic E-state index is 12.6. The van der Waals surface area contributed by atoms with Gasteiger partial charge in [0.15, 0.2) is 5.78 Å². The molecule has 5 nitrogen and oxygen atoms in total. The molecule has 1 atom stereocenters. The van der Waals surface area contributed by atoms with Crippen molar-refractivity contribution < 1.29 is 23.7 Å². The first kappa shape index (κ1) is 18.7. The van der Waals surface area contributed by atoms with E-state index in [0.29, 0.717) is 55.8 Å². The topological polar surface area (TPSA) is 54.0 Å². The van der Waals surface area contributed by atoms with Gasteiger partial charge in [-0.25, -0.2) is 0 Å². The Morgan fingerprint density at radius 3 is 2.67 bits per heavy atom. The minimum atomic E-state index is 0.129. The molecular weight excluding hydrogens is 308 g/mol. The highest BCUT2D eigenvalue weighted by molar-refractivity contribution is 5.99. The van der Waals surface area contributed by atoms with Gasteiger partial charge in [-0.2, -0.15) is 0 Å². The number of hydrogen-bond donors (Lipinski definition) is 0. The molecule has 0 saturated heterocycles. The molecule has 0 N–H and O–H groups in total. The standard InChI is InChI=1S/C19H28O5/c1-13(2)14-9-17(20)16-8-15(11-22-4)18(10-19(16)24-12-14)23-7-5-6-21-3/h8,10,13-14H,5-7,9,11-12H2,1-4H3/t14-/m0/s1. The van der Waals surface area contributed by atoms with E-state index in [2.05, 4.69) is 13.8 Å². The van der Waals surface area contributed by atoms with Crippen molar-refractivity contribution in [3.8, 4) is 11.5 Å². The molecule has 1 aliphatic heterocycles. The van der Waals surface area contributed by atoms with Gasteiger partial charge in [-0.05, 0) is 12.0 Å². The number of benzene rings is 1. The summed E-state index contributed by atoms with van der Waals surface area (Å²) < 4.78 is 22.1. The summed E-state index contributed by atoms with van der Waals surface area (Å²) in [5.41, 5.74) is 1.50. The summed E-state index contributed by atoms with van der Waals surface area (Å²) in [5.74, 6) is 2.10. The molecule has 134 valence electrons. The van der Waals surface area contributed by atoms with Crippen molar-refractivity contribution in [1.29, 1.82) is 0 Å². The lowest BCUT2D eigenvalue weighted by Gasteiger charge is -2.17. The van der Waals surface area contributed by atoms with Crippen molar-refractivity contribution in [3.63, 3.8) is 0 Å². The first-order valence-corrected chi connectivity index (χ1v) is 8.50. The summed E-state index contributed by atoms with van der Waals surface area (Å²) in [7, 11) is 3.30. The molecule has 1 aromatic carbocycles. The normalized spacial score (nSPS) is 17.4. The van der Waals surface area contributed by atoms with Gasteiger partial charge in [0.1, 0.15) is 11.5 Å². The van der Waals surface area contributed by atoms with Gasteiger partial charge in [0.25, 0.3) is 0 Å². The van der Waals surface area contributed by atoms with Gasteiger partial charge in [-0.15, -0.1) is 0 Å². The van der Waals surface area contributed by atoms with Crippen LogP contribution in [-0.2, 0) is 16.1 Å². The van der Waals surface area contributed by atoms with Crippen molar-refractivity contribution >= 4 is 5.78 Å². The summed E-state index contributed by atoms with van der Waals surface area (Å²) in [5, 5.41) is 0. The summed E-state index contributed by atoms with van der Waals surface area (Å²) in [6.07, 6.45) is 1.32. The van der Waals surface area contributed by atoms with E-state index in [1.165, 1.54) is 0 Å². The van der Waals surface area contributed by atoms with Crippen LogP contribution in [0.15, 0.2) is 12.1 Å². The van der Waals surface area contributed by atoms with Crippen LogP contribution in [0.4, 0.5) is 0 Å². The van der Waals surface area contributed by atoms with Crippen LogP contribution in [0.2, 0.25) is 0 Å². The average molecular weight is 336 g/mol. The number of ether oxygens (including phenoxy) is 4.